The molecule has 6 heteroatoms. The van der Waals surface area contributed by atoms with E-state index in [-0.39, 0.29) is 22.9 Å². The van der Waals surface area contributed by atoms with Crippen LogP contribution in [0.5, 0.6) is 0 Å². The van der Waals surface area contributed by atoms with Crippen molar-refractivity contribution in [2.24, 2.45) is 0 Å². The molecule has 0 aliphatic rings. The Kier molecular flexibility index (Phi) is 5.76. The zero-order valence-electron chi connectivity index (χ0n) is 12.9. The second kappa shape index (κ2) is 7.78. The van der Waals surface area contributed by atoms with Crippen LogP contribution in [0, 0.1) is 10.1 Å². The SMILES string of the molecule is CC(Sc1ccc([N+](=O)[O-])cc1)C(=O)NC(C)c1ccccc1. The monoisotopic (exact) mass is 330 g/mol. The number of non-ortho nitro benzene ring substituents is 1. The average molecular weight is 330 g/mol. The van der Waals surface area contributed by atoms with Crippen LogP contribution in [0.3, 0.4) is 0 Å². The van der Waals surface area contributed by atoms with Gasteiger partial charge >= 0.3 is 0 Å². The standard InChI is InChI=1S/C17H18N2O3S/c1-12(14-6-4-3-5-7-14)18-17(20)13(2)23-16-10-8-15(9-11-16)19(21)22/h3-13H,1-2H3,(H,18,20). The van der Waals surface area contributed by atoms with Crippen LogP contribution in [0.25, 0.3) is 0 Å². The van der Waals surface area contributed by atoms with Gasteiger partial charge in [-0.25, -0.2) is 0 Å². The highest BCUT2D eigenvalue weighted by molar-refractivity contribution is 8.00. The number of nitro benzene ring substituents is 1. The molecule has 2 aromatic rings. The summed E-state index contributed by atoms with van der Waals surface area (Å²) in [5.74, 6) is -0.0651. The van der Waals surface area contributed by atoms with E-state index in [4.69, 9.17) is 0 Å². The molecule has 0 fully saturated rings. The number of hydrogen-bond donors (Lipinski definition) is 1. The lowest BCUT2D eigenvalue weighted by molar-refractivity contribution is -0.384. The number of amides is 1. The molecule has 0 saturated heterocycles. The number of carbonyl (C=O) groups excluding carboxylic acids is 1. The van der Waals surface area contributed by atoms with Crippen molar-refractivity contribution in [3.8, 4) is 0 Å². The van der Waals surface area contributed by atoms with Gasteiger partial charge < -0.3 is 5.32 Å². The Morgan fingerprint density at radius 1 is 1.09 bits per heavy atom. The molecular weight excluding hydrogens is 312 g/mol. The summed E-state index contributed by atoms with van der Waals surface area (Å²) in [5, 5.41) is 13.3. The number of thioether (sulfide) groups is 1. The number of nitro groups is 1. The van der Waals surface area contributed by atoms with Crippen molar-refractivity contribution in [2.45, 2.75) is 30.0 Å². The first-order valence-electron chi connectivity index (χ1n) is 7.24. The van der Waals surface area contributed by atoms with Crippen LogP contribution in [0.1, 0.15) is 25.5 Å². The van der Waals surface area contributed by atoms with Crippen LogP contribution in [-0.4, -0.2) is 16.1 Å². The van der Waals surface area contributed by atoms with Gasteiger partial charge in [0.05, 0.1) is 16.2 Å². The third-order valence-electron chi connectivity index (χ3n) is 3.39. The molecule has 1 N–H and O–H groups in total. The summed E-state index contributed by atoms with van der Waals surface area (Å²) in [4.78, 5) is 23.3. The predicted octanol–water partition coefficient (Wildman–Crippen LogP) is 3.95. The van der Waals surface area contributed by atoms with Crippen LogP contribution in [-0.2, 0) is 4.79 Å². The zero-order valence-corrected chi connectivity index (χ0v) is 13.7. The number of benzene rings is 2. The Hall–Kier alpha value is -2.34. The van der Waals surface area contributed by atoms with Gasteiger partial charge in [-0.05, 0) is 31.5 Å². The third kappa shape index (κ3) is 4.82. The van der Waals surface area contributed by atoms with E-state index in [1.807, 2.05) is 44.2 Å². The summed E-state index contributed by atoms with van der Waals surface area (Å²) >= 11 is 1.37. The molecule has 120 valence electrons. The lowest BCUT2D eigenvalue weighted by atomic mass is 10.1. The summed E-state index contributed by atoms with van der Waals surface area (Å²) in [6.07, 6.45) is 0. The van der Waals surface area contributed by atoms with Gasteiger partial charge in [-0.15, -0.1) is 11.8 Å². The molecule has 0 aromatic heterocycles. The third-order valence-corrected chi connectivity index (χ3v) is 4.50. The minimum Gasteiger partial charge on any atom is -0.349 e. The normalized spacial score (nSPS) is 13.1. The van der Waals surface area contributed by atoms with E-state index < -0.39 is 4.92 Å². The predicted molar refractivity (Wildman–Crippen MR) is 91.4 cm³/mol. The number of carbonyl (C=O) groups is 1. The summed E-state index contributed by atoms with van der Waals surface area (Å²) in [7, 11) is 0. The molecule has 0 bridgehead atoms. The first-order valence-corrected chi connectivity index (χ1v) is 8.12. The first-order chi connectivity index (χ1) is 11.0. The molecule has 2 rings (SSSR count). The van der Waals surface area contributed by atoms with E-state index in [0.717, 1.165) is 10.5 Å². The largest absolute Gasteiger partial charge is 0.349 e. The van der Waals surface area contributed by atoms with Crippen molar-refractivity contribution in [2.75, 3.05) is 0 Å². The average Bonchev–Trinajstić information content (AvgIpc) is 2.56. The highest BCUT2D eigenvalue weighted by Crippen LogP contribution is 2.26. The number of nitrogens with one attached hydrogen (secondary N) is 1. The van der Waals surface area contributed by atoms with Crippen molar-refractivity contribution in [3.63, 3.8) is 0 Å². The summed E-state index contributed by atoms with van der Waals surface area (Å²) < 4.78 is 0. The molecule has 5 nitrogen and oxygen atoms in total. The maximum atomic E-state index is 12.3. The van der Waals surface area contributed by atoms with Crippen LogP contribution < -0.4 is 5.32 Å². The Morgan fingerprint density at radius 2 is 1.70 bits per heavy atom. The van der Waals surface area contributed by atoms with E-state index in [1.54, 1.807) is 12.1 Å². The highest BCUT2D eigenvalue weighted by Gasteiger charge is 2.17. The van der Waals surface area contributed by atoms with Crippen LogP contribution in [0.4, 0.5) is 5.69 Å². The van der Waals surface area contributed by atoms with Crippen LogP contribution in [0.2, 0.25) is 0 Å². The summed E-state index contributed by atoms with van der Waals surface area (Å²) in [5.41, 5.74) is 1.09. The molecule has 0 heterocycles. The van der Waals surface area contributed by atoms with Gasteiger partial charge in [0, 0.05) is 17.0 Å². The molecule has 2 unspecified atom stereocenters. The molecule has 2 atom stereocenters. The quantitative estimate of drug-likeness (QED) is 0.494. The number of rotatable bonds is 6. The minimum atomic E-state index is -0.438. The fraction of sp³-hybridized carbons (Fsp3) is 0.235. The number of nitrogens with zero attached hydrogens (tertiary/aromatic N) is 1. The molecule has 0 radical (unpaired) electrons. The number of hydrogen-bond acceptors (Lipinski definition) is 4. The second-order valence-electron chi connectivity index (χ2n) is 5.15. The molecule has 0 aliphatic heterocycles. The van der Waals surface area contributed by atoms with Gasteiger partial charge in [0.2, 0.25) is 5.91 Å². The Balaban J connectivity index is 1.93. The fourth-order valence-electron chi connectivity index (χ4n) is 2.06. The molecule has 2 aromatic carbocycles. The zero-order chi connectivity index (χ0) is 16.8. The maximum absolute atomic E-state index is 12.3. The first kappa shape index (κ1) is 17.0. The van der Waals surface area contributed by atoms with Crippen molar-refractivity contribution >= 4 is 23.4 Å². The summed E-state index contributed by atoms with van der Waals surface area (Å²) in [6.45, 7) is 3.76. The maximum Gasteiger partial charge on any atom is 0.269 e. The second-order valence-corrected chi connectivity index (χ2v) is 6.57. The van der Waals surface area contributed by atoms with Crippen molar-refractivity contribution < 1.29 is 9.72 Å². The molecule has 0 saturated carbocycles. The molecular formula is C17H18N2O3S. The molecule has 0 spiro atoms. The van der Waals surface area contributed by atoms with Crippen LogP contribution in [0.15, 0.2) is 59.5 Å². The fourth-order valence-corrected chi connectivity index (χ4v) is 2.94. The van der Waals surface area contributed by atoms with Gasteiger partial charge in [-0.1, -0.05) is 30.3 Å². The van der Waals surface area contributed by atoms with Gasteiger partial charge in [0.1, 0.15) is 0 Å². The minimum absolute atomic E-state index is 0.0455. The molecule has 1 amide bonds. The lowest BCUT2D eigenvalue weighted by Gasteiger charge is -2.17. The Labute approximate surface area is 139 Å². The van der Waals surface area contributed by atoms with Gasteiger partial charge in [-0.2, -0.15) is 0 Å². The van der Waals surface area contributed by atoms with Gasteiger partial charge in [0.25, 0.3) is 5.69 Å². The lowest BCUT2D eigenvalue weighted by Crippen LogP contribution is -2.33. The summed E-state index contributed by atoms with van der Waals surface area (Å²) in [6, 6.07) is 15.9. The van der Waals surface area contributed by atoms with Gasteiger partial charge in [-0.3, -0.25) is 14.9 Å². The van der Waals surface area contributed by atoms with E-state index in [2.05, 4.69) is 5.32 Å². The van der Waals surface area contributed by atoms with E-state index in [9.17, 15) is 14.9 Å². The highest BCUT2D eigenvalue weighted by atomic mass is 32.2. The van der Waals surface area contributed by atoms with E-state index in [0.29, 0.717) is 0 Å². The molecule has 23 heavy (non-hydrogen) atoms. The van der Waals surface area contributed by atoms with Crippen molar-refractivity contribution in [1.82, 2.24) is 5.32 Å². The van der Waals surface area contributed by atoms with Crippen LogP contribution >= 0.6 is 11.8 Å². The molecule has 0 aliphatic carbocycles. The Morgan fingerprint density at radius 3 is 2.26 bits per heavy atom. The smallest absolute Gasteiger partial charge is 0.269 e. The van der Waals surface area contributed by atoms with Gasteiger partial charge in [0.15, 0.2) is 0 Å². The Bertz CT molecular complexity index is 674. The van der Waals surface area contributed by atoms with E-state index >= 15 is 0 Å². The van der Waals surface area contributed by atoms with E-state index in [1.165, 1.54) is 23.9 Å². The van der Waals surface area contributed by atoms with Crippen molar-refractivity contribution in [3.05, 3.63) is 70.3 Å². The van der Waals surface area contributed by atoms with Crippen molar-refractivity contribution in [1.29, 1.82) is 0 Å². The topological polar surface area (TPSA) is 72.2 Å².